The number of carbonyl (C=O) groups is 2. The molecule has 8 atom stereocenters. The van der Waals surface area contributed by atoms with Crippen LogP contribution in [0.4, 0.5) is 0 Å². The molecule has 4 aliphatic heterocycles. The fourth-order valence-electron chi connectivity index (χ4n) is 21.6. The second-order valence-corrected chi connectivity index (χ2v) is 37.3. The molecule has 1 aromatic rings. The number of carbonyl (C=O) groups excluding carboxylic acids is 2. The fraction of sp³-hybridized carbons (Fsp3) is 0.892. The van der Waals surface area contributed by atoms with Gasteiger partial charge in [-0.05, 0) is 295 Å². The van der Waals surface area contributed by atoms with Gasteiger partial charge >= 0.3 is 11.9 Å². The summed E-state index contributed by atoms with van der Waals surface area (Å²) < 4.78 is 12.8. The molecule has 480 valence electrons. The van der Waals surface area contributed by atoms with E-state index in [1.807, 2.05) is 0 Å². The molecular formula is C74H134N4O5. The molecule has 1 aromatic carbocycles. The van der Waals surface area contributed by atoms with Crippen LogP contribution in [-0.4, -0.2) is 122 Å². The highest BCUT2D eigenvalue weighted by Crippen LogP contribution is 2.63. The maximum Gasteiger partial charge on any atom is 0.320 e. The first-order valence-electron chi connectivity index (χ1n) is 33.2. The Morgan fingerprint density at radius 2 is 0.675 bits per heavy atom. The van der Waals surface area contributed by atoms with E-state index in [-0.39, 0.29) is 91.4 Å². The number of ether oxygens (including phenoxy) is 2. The van der Waals surface area contributed by atoms with Crippen LogP contribution >= 0.6 is 0 Å². The van der Waals surface area contributed by atoms with Crippen molar-refractivity contribution in [2.75, 3.05) is 41.4 Å². The van der Waals surface area contributed by atoms with Gasteiger partial charge in [0.25, 0.3) is 0 Å². The highest BCUT2D eigenvalue weighted by molar-refractivity contribution is 5.95. The van der Waals surface area contributed by atoms with Gasteiger partial charge in [0.2, 0.25) is 0 Å². The van der Waals surface area contributed by atoms with Gasteiger partial charge in [-0.3, -0.25) is 29.2 Å². The number of rotatable bonds is 16. The average Bonchev–Trinajstić information content (AvgIpc) is 1.49. The molecule has 0 bridgehead atoms. The summed E-state index contributed by atoms with van der Waals surface area (Å²) in [6.07, 6.45) is 7.84. The summed E-state index contributed by atoms with van der Waals surface area (Å²) in [5.74, 6) is 2.11. The zero-order valence-corrected chi connectivity index (χ0v) is 60.3. The van der Waals surface area contributed by atoms with Gasteiger partial charge in [0.05, 0.1) is 13.2 Å². The van der Waals surface area contributed by atoms with Crippen molar-refractivity contribution in [3.8, 4) is 5.75 Å². The van der Waals surface area contributed by atoms with Crippen LogP contribution in [0, 0.1) is 86.8 Å². The second kappa shape index (κ2) is 24.0. The SMILES string of the molecule is CN1C(C)(C)CC(C(CCCOC(=O)C(Cc2ccc(O)cc2)C(=O)OCCCC(C2CC(C)(C)N(C)C(C)(C)C2C(C)(C)C)C2CC(C)(C)N(C)C(C)(C)C2C(C)(C)C)C2CC(C)(C)N(C)C(C)(C)C2C(C)(C)C)C(C(C)(C)C)C1(C)C. The Hall–Kier alpha value is -2.20. The van der Waals surface area contributed by atoms with Gasteiger partial charge < -0.3 is 14.6 Å². The number of hydrogen-bond acceptors (Lipinski definition) is 9. The van der Waals surface area contributed by atoms with Crippen molar-refractivity contribution in [2.24, 2.45) is 86.8 Å². The van der Waals surface area contributed by atoms with E-state index in [0.29, 0.717) is 72.0 Å². The van der Waals surface area contributed by atoms with Gasteiger partial charge in [-0.2, -0.15) is 0 Å². The minimum absolute atomic E-state index is 0.0117. The Morgan fingerprint density at radius 1 is 0.446 bits per heavy atom. The van der Waals surface area contributed by atoms with E-state index in [4.69, 9.17) is 9.47 Å². The molecule has 4 saturated heterocycles. The van der Waals surface area contributed by atoms with E-state index in [1.165, 1.54) is 0 Å². The lowest BCUT2D eigenvalue weighted by Crippen LogP contribution is -2.69. The summed E-state index contributed by atoms with van der Waals surface area (Å²) in [4.78, 5) is 40.3. The lowest BCUT2D eigenvalue weighted by molar-refractivity contribution is -0.173. The molecule has 4 heterocycles. The lowest BCUT2D eigenvalue weighted by Gasteiger charge is -2.67. The number of piperidine rings is 4. The molecule has 9 nitrogen and oxygen atoms in total. The molecular weight excluding hydrogens is 1020 g/mol. The molecule has 83 heavy (non-hydrogen) atoms. The smallest absolute Gasteiger partial charge is 0.320 e. The summed E-state index contributed by atoms with van der Waals surface area (Å²) in [7, 11) is 9.38. The zero-order chi connectivity index (χ0) is 64.0. The number of benzene rings is 1. The molecule has 4 aliphatic rings. The zero-order valence-electron chi connectivity index (χ0n) is 60.3. The lowest BCUT2D eigenvalue weighted by atomic mass is 9.48. The number of aromatic hydroxyl groups is 1. The van der Waals surface area contributed by atoms with Crippen LogP contribution in [0.15, 0.2) is 24.3 Å². The van der Waals surface area contributed by atoms with Crippen molar-refractivity contribution in [2.45, 2.75) is 296 Å². The first kappa shape index (κ1) is 71.6. The Kier molecular flexibility index (Phi) is 20.7. The standard InChI is InChI=1S/C74H134N4O5/c1-63(2,3)57-53(44-67(13,14)75(29)71(57,21)22)50(54-45-68(15,16)76(30)72(23,24)58(54)64(4,5)6)35-33-41-82-61(80)52(43-48-37-39-49(79)40-38-48)62(81)83-42-34-36-51(55-46-69(17,18)77(31)73(25,26)59(55)65(7,8)9)56-47-70(19,20)78(32)74(27,28)60(56)66(10,11)12/h37-40,50-60,79H,33-36,41-47H2,1-32H3. The highest BCUT2D eigenvalue weighted by atomic mass is 16.6. The molecule has 0 aliphatic carbocycles. The van der Waals surface area contributed by atoms with Crippen LogP contribution in [0.25, 0.3) is 0 Å². The van der Waals surface area contributed by atoms with Crippen molar-refractivity contribution < 1.29 is 24.2 Å². The monoisotopic (exact) mass is 1160 g/mol. The Labute approximate surface area is 513 Å². The molecule has 5 rings (SSSR count). The Morgan fingerprint density at radius 3 is 0.892 bits per heavy atom. The third-order valence-electron chi connectivity index (χ3n) is 24.5. The van der Waals surface area contributed by atoms with Gasteiger partial charge in [-0.1, -0.05) is 95.2 Å². The van der Waals surface area contributed by atoms with Gasteiger partial charge in [0, 0.05) is 44.3 Å². The number of nitrogens with zero attached hydrogens (tertiary/aromatic N) is 4. The summed E-state index contributed by atoms with van der Waals surface area (Å²) in [5, 5.41) is 10.3. The largest absolute Gasteiger partial charge is 0.508 e. The topological polar surface area (TPSA) is 85.8 Å². The Bertz CT molecular complexity index is 2090. The van der Waals surface area contributed by atoms with Crippen molar-refractivity contribution in [1.82, 2.24) is 19.6 Å². The van der Waals surface area contributed by atoms with Crippen molar-refractivity contribution in [1.29, 1.82) is 0 Å². The maximum atomic E-state index is 14.8. The summed E-state index contributed by atoms with van der Waals surface area (Å²) in [6, 6.07) is 6.86. The average molecular weight is 1160 g/mol. The van der Waals surface area contributed by atoms with Crippen molar-refractivity contribution in [3.05, 3.63) is 29.8 Å². The van der Waals surface area contributed by atoms with Crippen LogP contribution in [0.1, 0.15) is 251 Å². The van der Waals surface area contributed by atoms with Gasteiger partial charge in [0.1, 0.15) is 5.75 Å². The van der Waals surface area contributed by atoms with E-state index < -0.39 is 17.9 Å². The van der Waals surface area contributed by atoms with Gasteiger partial charge in [0.15, 0.2) is 5.92 Å². The van der Waals surface area contributed by atoms with Crippen LogP contribution in [0.5, 0.6) is 5.75 Å². The summed E-state index contributed by atoms with van der Waals surface area (Å²) in [5.41, 5.74) is 0.689. The first-order chi connectivity index (χ1) is 37.1. The predicted octanol–water partition coefficient (Wildman–Crippen LogP) is 17.1. The highest BCUT2D eigenvalue weighted by Gasteiger charge is 2.63. The summed E-state index contributed by atoms with van der Waals surface area (Å²) >= 11 is 0. The number of likely N-dealkylation sites (tertiary alicyclic amines) is 4. The quantitative estimate of drug-likeness (QED) is 0.0988. The van der Waals surface area contributed by atoms with Crippen LogP contribution in [-0.2, 0) is 25.5 Å². The molecule has 8 unspecified atom stereocenters. The second-order valence-electron chi connectivity index (χ2n) is 37.3. The molecule has 1 N–H and O–H groups in total. The molecule has 0 saturated carbocycles. The third kappa shape index (κ3) is 14.6. The van der Waals surface area contributed by atoms with Crippen molar-refractivity contribution >= 4 is 11.9 Å². The molecule has 0 aromatic heterocycles. The molecule has 0 amide bonds. The van der Waals surface area contributed by atoms with Crippen LogP contribution in [0.3, 0.4) is 0 Å². The van der Waals surface area contributed by atoms with E-state index in [1.54, 1.807) is 24.3 Å². The van der Waals surface area contributed by atoms with Crippen LogP contribution < -0.4 is 0 Å². The fourth-order valence-corrected chi connectivity index (χ4v) is 21.6. The minimum atomic E-state index is -1.13. The first-order valence-corrected chi connectivity index (χ1v) is 33.2. The van der Waals surface area contributed by atoms with Crippen molar-refractivity contribution in [3.63, 3.8) is 0 Å². The molecule has 0 spiro atoms. The Balaban J connectivity index is 1.48. The van der Waals surface area contributed by atoms with E-state index in [2.05, 4.69) is 242 Å². The predicted molar refractivity (Wildman–Crippen MR) is 351 cm³/mol. The van der Waals surface area contributed by atoms with Crippen LogP contribution in [0.2, 0.25) is 0 Å². The number of esters is 2. The molecule has 4 fully saturated rings. The van der Waals surface area contributed by atoms with Gasteiger partial charge in [-0.25, -0.2) is 0 Å². The normalized spacial score (nSPS) is 31.4. The van der Waals surface area contributed by atoms with E-state index in [9.17, 15) is 14.7 Å². The van der Waals surface area contributed by atoms with E-state index in [0.717, 1.165) is 44.1 Å². The van der Waals surface area contributed by atoms with Gasteiger partial charge in [-0.15, -0.1) is 0 Å². The summed E-state index contributed by atoms with van der Waals surface area (Å²) in [6.45, 7) is 69.6. The third-order valence-corrected chi connectivity index (χ3v) is 24.5. The van der Waals surface area contributed by atoms with E-state index >= 15 is 0 Å². The molecule has 9 heteroatoms. The molecule has 0 radical (unpaired) electrons. The number of phenols is 1. The number of phenolic OH excluding ortho intramolecular Hbond substituents is 1. The number of hydrogen-bond donors (Lipinski definition) is 1. The maximum absolute atomic E-state index is 14.8. The minimum Gasteiger partial charge on any atom is -0.508 e.